The van der Waals surface area contributed by atoms with Gasteiger partial charge in [0.25, 0.3) is 0 Å². The minimum absolute atomic E-state index is 0.465. The molecule has 0 radical (unpaired) electrons. The summed E-state index contributed by atoms with van der Waals surface area (Å²) in [5.74, 6) is 1.35. The highest BCUT2D eigenvalue weighted by atomic mass is 32.1. The predicted molar refractivity (Wildman–Crippen MR) is 74.9 cm³/mol. The van der Waals surface area contributed by atoms with Crippen molar-refractivity contribution in [1.82, 2.24) is 0 Å². The van der Waals surface area contributed by atoms with Crippen molar-refractivity contribution < 1.29 is 9.53 Å². The normalized spacial score (nSPS) is 12.1. The molecule has 1 aromatic carbocycles. The van der Waals surface area contributed by atoms with Crippen LogP contribution in [0, 0.1) is 0 Å². The van der Waals surface area contributed by atoms with Crippen molar-refractivity contribution in [2.45, 2.75) is 26.2 Å². The van der Waals surface area contributed by atoms with E-state index in [2.05, 4.69) is 19.9 Å². The lowest BCUT2D eigenvalue weighted by Gasteiger charge is -2.14. The van der Waals surface area contributed by atoms with Crippen LogP contribution < -0.4 is 4.74 Å². The summed E-state index contributed by atoms with van der Waals surface area (Å²) in [6, 6.07) is 11.7. The van der Waals surface area contributed by atoms with E-state index in [4.69, 9.17) is 4.74 Å². The molecule has 2 rings (SSSR count). The zero-order valence-electron chi connectivity index (χ0n) is 10.6. The van der Waals surface area contributed by atoms with Crippen molar-refractivity contribution in [1.29, 1.82) is 0 Å². The molecule has 3 heteroatoms. The number of benzene rings is 1. The van der Waals surface area contributed by atoms with Crippen molar-refractivity contribution >= 4 is 17.6 Å². The van der Waals surface area contributed by atoms with Gasteiger partial charge in [0.15, 0.2) is 11.3 Å². The van der Waals surface area contributed by atoms with E-state index in [-0.39, 0.29) is 0 Å². The second-order valence-electron chi connectivity index (χ2n) is 4.22. The third kappa shape index (κ3) is 2.79. The summed E-state index contributed by atoms with van der Waals surface area (Å²) < 4.78 is 5.87. The van der Waals surface area contributed by atoms with E-state index in [0.717, 1.165) is 23.5 Å². The molecule has 0 aliphatic carbocycles. The molecule has 0 fully saturated rings. The Morgan fingerprint density at radius 1 is 1.28 bits per heavy atom. The Morgan fingerprint density at radius 3 is 2.72 bits per heavy atom. The quantitative estimate of drug-likeness (QED) is 0.717. The monoisotopic (exact) mass is 260 g/mol. The average Bonchev–Trinajstić information content (AvgIpc) is 2.86. The van der Waals surface area contributed by atoms with Crippen LogP contribution in [0.1, 0.15) is 41.4 Å². The highest BCUT2D eigenvalue weighted by Crippen LogP contribution is 2.34. The minimum Gasteiger partial charge on any atom is -0.446 e. The molecule has 0 N–H and O–H groups in total. The molecular weight excluding hydrogens is 244 g/mol. The van der Waals surface area contributed by atoms with Crippen LogP contribution in [0.3, 0.4) is 0 Å². The number of para-hydroxylation sites is 1. The largest absolute Gasteiger partial charge is 0.446 e. The van der Waals surface area contributed by atoms with Crippen molar-refractivity contribution in [3.8, 4) is 10.8 Å². The van der Waals surface area contributed by atoms with E-state index in [1.165, 1.54) is 16.9 Å². The van der Waals surface area contributed by atoms with Gasteiger partial charge in [-0.2, -0.15) is 0 Å². The second kappa shape index (κ2) is 5.83. The smallest absolute Gasteiger partial charge is 0.181 e. The molecule has 2 nitrogen and oxygen atoms in total. The fourth-order valence-corrected chi connectivity index (χ4v) is 2.45. The summed E-state index contributed by atoms with van der Waals surface area (Å²) >= 11 is 1.37. The zero-order valence-corrected chi connectivity index (χ0v) is 11.4. The first-order valence-corrected chi connectivity index (χ1v) is 6.88. The van der Waals surface area contributed by atoms with Crippen molar-refractivity contribution in [2.75, 3.05) is 0 Å². The third-order valence-corrected chi connectivity index (χ3v) is 3.88. The number of aldehydes is 1. The van der Waals surface area contributed by atoms with Gasteiger partial charge in [-0.05, 0) is 36.1 Å². The predicted octanol–water partition coefficient (Wildman–Crippen LogP) is 4.87. The molecule has 1 atom stereocenters. The second-order valence-corrected chi connectivity index (χ2v) is 5.30. The van der Waals surface area contributed by atoms with Gasteiger partial charge in [0.2, 0.25) is 0 Å². The zero-order chi connectivity index (χ0) is 13.0. The van der Waals surface area contributed by atoms with E-state index in [0.29, 0.717) is 10.8 Å². The summed E-state index contributed by atoms with van der Waals surface area (Å²) in [5.41, 5.74) is 1.21. The Balaban J connectivity index is 2.25. The molecule has 2 aromatic rings. The molecular formula is C15H16O2S. The van der Waals surface area contributed by atoms with Crippen molar-refractivity contribution in [2.24, 2.45) is 0 Å². The van der Waals surface area contributed by atoms with E-state index < -0.39 is 0 Å². The lowest BCUT2D eigenvalue weighted by atomic mass is 9.98. The third-order valence-electron chi connectivity index (χ3n) is 2.99. The first-order valence-electron chi connectivity index (χ1n) is 6.06. The molecule has 18 heavy (non-hydrogen) atoms. The molecule has 1 heterocycles. The highest BCUT2D eigenvalue weighted by molar-refractivity contribution is 7.15. The Labute approximate surface area is 111 Å². The lowest BCUT2D eigenvalue weighted by Crippen LogP contribution is -1.95. The topological polar surface area (TPSA) is 26.3 Å². The Kier molecular flexibility index (Phi) is 4.15. The molecule has 0 aliphatic rings. The van der Waals surface area contributed by atoms with Crippen LogP contribution in [0.15, 0.2) is 36.4 Å². The summed E-state index contributed by atoms with van der Waals surface area (Å²) in [6.07, 6.45) is 1.92. The van der Waals surface area contributed by atoms with Gasteiger partial charge in [0, 0.05) is 0 Å². The van der Waals surface area contributed by atoms with Crippen LogP contribution >= 0.6 is 11.3 Å². The first-order chi connectivity index (χ1) is 8.74. The highest BCUT2D eigenvalue weighted by Gasteiger charge is 2.11. The van der Waals surface area contributed by atoms with Crippen LogP contribution in [0.25, 0.3) is 0 Å². The number of carbonyl (C=O) groups excluding carboxylic acids is 1. The van der Waals surface area contributed by atoms with Crippen LogP contribution in [-0.2, 0) is 0 Å². The first kappa shape index (κ1) is 12.8. The standard InChI is InChI=1S/C15H16O2S/c1-3-11(2)13-6-4-5-7-14(13)17-15-9-8-12(10-16)18-15/h4-11H,3H2,1-2H3. The molecule has 0 amide bonds. The van der Waals surface area contributed by atoms with Gasteiger partial charge < -0.3 is 4.74 Å². The van der Waals surface area contributed by atoms with E-state index in [9.17, 15) is 4.79 Å². The van der Waals surface area contributed by atoms with Gasteiger partial charge in [-0.1, -0.05) is 43.4 Å². The molecule has 0 saturated carbocycles. The molecule has 0 saturated heterocycles. The van der Waals surface area contributed by atoms with Gasteiger partial charge in [0.05, 0.1) is 4.88 Å². The SMILES string of the molecule is CCC(C)c1ccccc1Oc1ccc(C=O)s1. The fraction of sp³-hybridized carbons (Fsp3) is 0.267. The van der Waals surface area contributed by atoms with Gasteiger partial charge in [-0.15, -0.1) is 0 Å². The number of ether oxygens (including phenoxy) is 1. The Morgan fingerprint density at radius 2 is 2.06 bits per heavy atom. The maximum atomic E-state index is 10.6. The maximum Gasteiger partial charge on any atom is 0.181 e. The number of hydrogen-bond acceptors (Lipinski definition) is 3. The van der Waals surface area contributed by atoms with Gasteiger partial charge in [0.1, 0.15) is 5.75 Å². The summed E-state index contributed by atoms with van der Waals surface area (Å²) in [7, 11) is 0. The fourth-order valence-electron chi connectivity index (χ4n) is 1.76. The van der Waals surface area contributed by atoms with E-state index in [1.54, 1.807) is 6.07 Å². The van der Waals surface area contributed by atoms with Crippen molar-refractivity contribution in [3.63, 3.8) is 0 Å². The van der Waals surface area contributed by atoms with E-state index >= 15 is 0 Å². The molecule has 0 bridgehead atoms. The molecule has 1 unspecified atom stereocenters. The van der Waals surface area contributed by atoms with Gasteiger partial charge in [-0.3, -0.25) is 4.79 Å². The minimum atomic E-state index is 0.465. The number of rotatable bonds is 5. The van der Waals surface area contributed by atoms with E-state index in [1.807, 2.05) is 24.3 Å². The van der Waals surface area contributed by atoms with Crippen molar-refractivity contribution in [3.05, 3.63) is 46.8 Å². The van der Waals surface area contributed by atoms with Gasteiger partial charge >= 0.3 is 0 Å². The molecule has 0 aliphatic heterocycles. The molecule has 0 spiro atoms. The number of thiophene rings is 1. The van der Waals surface area contributed by atoms with Crippen LogP contribution in [0.5, 0.6) is 10.8 Å². The Hall–Kier alpha value is -1.61. The van der Waals surface area contributed by atoms with Crippen LogP contribution in [0.2, 0.25) is 0 Å². The molecule has 1 aromatic heterocycles. The Bertz CT molecular complexity index is 531. The summed E-state index contributed by atoms with van der Waals surface area (Å²) in [4.78, 5) is 11.3. The van der Waals surface area contributed by atoms with Crippen LogP contribution in [0.4, 0.5) is 0 Å². The number of hydrogen-bond donors (Lipinski definition) is 0. The maximum absolute atomic E-state index is 10.6. The van der Waals surface area contributed by atoms with Crippen LogP contribution in [-0.4, -0.2) is 6.29 Å². The summed E-state index contributed by atoms with van der Waals surface area (Å²) in [6.45, 7) is 4.35. The number of carbonyl (C=O) groups is 1. The molecule has 94 valence electrons. The van der Waals surface area contributed by atoms with Gasteiger partial charge in [-0.25, -0.2) is 0 Å². The summed E-state index contributed by atoms with van der Waals surface area (Å²) in [5, 5.41) is 0.757. The average molecular weight is 260 g/mol. The lowest BCUT2D eigenvalue weighted by molar-refractivity contribution is 0.112.